The van der Waals surface area contributed by atoms with Gasteiger partial charge in [0.25, 0.3) is 0 Å². The maximum atomic E-state index is 12.7. The first-order valence-electron chi connectivity index (χ1n) is 4.63. The number of hydrogen-bond donors (Lipinski definition) is 0. The van der Waals surface area contributed by atoms with Crippen LogP contribution in [0.3, 0.4) is 0 Å². The van der Waals surface area contributed by atoms with E-state index in [-0.39, 0.29) is 16.5 Å². The van der Waals surface area contributed by atoms with Crippen LogP contribution in [-0.4, -0.2) is 20.0 Å². The summed E-state index contributed by atoms with van der Waals surface area (Å²) in [5, 5.41) is 10.4. The summed E-state index contributed by atoms with van der Waals surface area (Å²) in [6, 6.07) is 2.94. The molecule has 0 fully saturated rings. The molecule has 0 aliphatic heterocycles. The van der Waals surface area contributed by atoms with Crippen LogP contribution >= 0.6 is 23.2 Å². The molecule has 0 amide bonds. The number of aromatic nitrogens is 4. The lowest BCUT2D eigenvalue weighted by molar-refractivity contribution is -0.141. The highest BCUT2D eigenvalue weighted by atomic mass is 35.5. The molecule has 0 N–H and O–H groups in total. The summed E-state index contributed by atoms with van der Waals surface area (Å²) in [5.74, 6) is -0.308. The van der Waals surface area contributed by atoms with Crippen LogP contribution in [0.25, 0.3) is 5.82 Å². The minimum Gasteiger partial charge on any atom is -0.201 e. The Bertz CT molecular complexity index is 553. The average molecular weight is 297 g/mol. The molecule has 0 aromatic carbocycles. The van der Waals surface area contributed by atoms with E-state index >= 15 is 0 Å². The normalized spacial score (nSPS) is 11.8. The van der Waals surface area contributed by atoms with E-state index in [0.717, 1.165) is 4.68 Å². The van der Waals surface area contributed by atoms with Crippen LogP contribution in [-0.2, 0) is 12.1 Å². The largest absolute Gasteiger partial charge is 0.435 e. The molecule has 0 radical (unpaired) electrons. The SMILES string of the molecule is FC(F)(F)c1nn(-c2cccnn2)c(Cl)c1CCl. The van der Waals surface area contributed by atoms with E-state index in [2.05, 4.69) is 15.3 Å². The summed E-state index contributed by atoms with van der Waals surface area (Å²) in [6.45, 7) is 0. The van der Waals surface area contributed by atoms with Crippen molar-refractivity contribution in [1.82, 2.24) is 20.0 Å². The standard InChI is InChI=1S/C9H5Cl2F3N4/c10-4-5-7(9(12,13)14)17-18(8(5)11)6-2-1-3-15-16-6/h1-3H,4H2. The van der Waals surface area contributed by atoms with Gasteiger partial charge in [0.05, 0.1) is 5.88 Å². The molecule has 0 saturated heterocycles. The zero-order chi connectivity index (χ0) is 13.3. The fourth-order valence-electron chi connectivity index (χ4n) is 1.33. The Morgan fingerprint density at radius 1 is 1.33 bits per heavy atom. The molecular formula is C9H5Cl2F3N4. The molecule has 0 aliphatic rings. The van der Waals surface area contributed by atoms with Crippen molar-refractivity contribution in [3.63, 3.8) is 0 Å². The highest BCUT2D eigenvalue weighted by molar-refractivity contribution is 6.31. The summed E-state index contributed by atoms with van der Waals surface area (Å²) < 4.78 is 39.0. The van der Waals surface area contributed by atoms with Crippen molar-refractivity contribution in [3.05, 3.63) is 34.7 Å². The molecule has 0 saturated carbocycles. The van der Waals surface area contributed by atoms with E-state index in [1.807, 2.05) is 0 Å². The van der Waals surface area contributed by atoms with Crippen molar-refractivity contribution in [2.24, 2.45) is 0 Å². The van der Waals surface area contributed by atoms with Gasteiger partial charge in [0.15, 0.2) is 11.5 Å². The van der Waals surface area contributed by atoms with Gasteiger partial charge in [-0.15, -0.1) is 16.7 Å². The average Bonchev–Trinajstić information content (AvgIpc) is 2.67. The number of nitrogens with zero attached hydrogens (tertiary/aromatic N) is 4. The Balaban J connectivity index is 2.61. The lowest BCUT2D eigenvalue weighted by Gasteiger charge is -2.02. The summed E-state index contributed by atoms with van der Waals surface area (Å²) in [4.78, 5) is 0. The Hall–Kier alpha value is -1.34. The zero-order valence-corrected chi connectivity index (χ0v) is 10.1. The zero-order valence-electron chi connectivity index (χ0n) is 8.62. The second kappa shape index (κ2) is 4.74. The highest BCUT2D eigenvalue weighted by Crippen LogP contribution is 2.35. The van der Waals surface area contributed by atoms with Gasteiger partial charge in [-0.25, -0.2) is 4.68 Å². The van der Waals surface area contributed by atoms with E-state index in [0.29, 0.717) is 0 Å². The van der Waals surface area contributed by atoms with E-state index in [4.69, 9.17) is 23.2 Å². The van der Waals surface area contributed by atoms with Crippen LogP contribution in [0.5, 0.6) is 0 Å². The molecular weight excluding hydrogens is 292 g/mol. The lowest BCUT2D eigenvalue weighted by Crippen LogP contribution is -2.09. The molecule has 9 heteroatoms. The van der Waals surface area contributed by atoms with Gasteiger partial charge in [-0.2, -0.15) is 23.4 Å². The summed E-state index contributed by atoms with van der Waals surface area (Å²) in [5.41, 5.74) is -1.40. The van der Waals surface area contributed by atoms with Crippen LogP contribution in [0, 0.1) is 0 Å². The van der Waals surface area contributed by atoms with Crippen molar-refractivity contribution < 1.29 is 13.2 Å². The highest BCUT2D eigenvalue weighted by Gasteiger charge is 2.39. The van der Waals surface area contributed by atoms with Crippen LogP contribution in [0.4, 0.5) is 13.2 Å². The van der Waals surface area contributed by atoms with Gasteiger partial charge in [0.2, 0.25) is 0 Å². The van der Waals surface area contributed by atoms with Crippen molar-refractivity contribution in [1.29, 1.82) is 0 Å². The topological polar surface area (TPSA) is 43.6 Å². The Morgan fingerprint density at radius 2 is 2.06 bits per heavy atom. The first-order valence-corrected chi connectivity index (χ1v) is 5.55. The minimum absolute atomic E-state index is 0.0874. The molecule has 2 heterocycles. The summed E-state index contributed by atoms with van der Waals surface area (Å²) in [6.07, 6.45) is -3.24. The maximum Gasteiger partial charge on any atom is 0.435 e. The van der Waals surface area contributed by atoms with Crippen molar-refractivity contribution in [2.75, 3.05) is 0 Å². The van der Waals surface area contributed by atoms with Gasteiger partial charge in [-0.1, -0.05) is 11.6 Å². The number of halogens is 5. The summed E-state index contributed by atoms with van der Waals surface area (Å²) in [7, 11) is 0. The van der Waals surface area contributed by atoms with E-state index in [1.54, 1.807) is 0 Å². The Kier molecular flexibility index (Phi) is 3.45. The second-order valence-corrected chi connectivity index (χ2v) is 3.87. The molecule has 4 nitrogen and oxygen atoms in total. The van der Waals surface area contributed by atoms with Crippen LogP contribution in [0.1, 0.15) is 11.3 Å². The molecule has 0 aliphatic carbocycles. The molecule has 18 heavy (non-hydrogen) atoms. The number of hydrogen-bond acceptors (Lipinski definition) is 3. The molecule has 0 atom stereocenters. The smallest absolute Gasteiger partial charge is 0.201 e. The van der Waals surface area contributed by atoms with Gasteiger partial charge in [0, 0.05) is 11.8 Å². The fourth-order valence-corrected chi connectivity index (χ4v) is 1.94. The quantitative estimate of drug-likeness (QED) is 0.800. The maximum absolute atomic E-state index is 12.7. The van der Waals surface area contributed by atoms with Crippen LogP contribution in [0.2, 0.25) is 5.15 Å². The number of rotatable bonds is 2. The predicted octanol–water partition coefficient (Wildman–Crippen LogP) is 3.07. The van der Waals surface area contributed by atoms with Gasteiger partial charge >= 0.3 is 6.18 Å². The first-order chi connectivity index (χ1) is 8.45. The molecule has 2 aromatic heterocycles. The second-order valence-electron chi connectivity index (χ2n) is 3.24. The van der Waals surface area contributed by atoms with Crippen molar-refractivity contribution in [2.45, 2.75) is 12.1 Å². The van der Waals surface area contributed by atoms with Gasteiger partial charge < -0.3 is 0 Å². The molecule has 0 unspecified atom stereocenters. The fraction of sp³-hybridized carbons (Fsp3) is 0.222. The molecule has 0 spiro atoms. The van der Waals surface area contributed by atoms with Crippen molar-refractivity contribution in [3.8, 4) is 5.82 Å². The van der Waals surface area contributed by atoms with E-state index in [1.165, 1.54) is 18.3 Å². The molecule has 2 aromatic rings. The lowest BCUT2D eigenvalue weighted by atomic mass is 10.3. The van der Waals surface area contributed by atoms with E-state index < -0.39 is 17.8 Å². The Labute approximate surface area is 109 Å². The first kappa shape index (κ1) is 13.1. The third-order valence-corrected chi connectivity index (χ3v) is 2.75. The Morgan fingerprint density at radius 3 is 2.50 bits per heavy atom. The molecule has 96 valence electrons. The van der Waals surface area contributed by atoms with Gasteiger partial charge in [-0.3, -0.25) is 0 Å². The van der Waals surface area contributed by atoms with E-state index in [9.17, 15) is 13.2 Å². The predicted molar refractivity (Wildman–Crippen MR) is 58.7 cm³/mol. The third kappa shape index (κ3) is 2.28. The monoisotopic (exact) mass is 296 g/mol. The molecule has 2 rings (SSSR count). The van der Waals surface area contributed by atoms with Gasteiger partial charge in [-0.05, 0) is 12.1 Å². The minimum atomic E-state index is -4.62. The molecule has 0 bridgehead atoms. The van der Waals surface area contributed by atoms with Crippen LogP contribution < -0.4 is 0 Å². The summed E-state index contributed by atoms with van der Waals surface area (Å²) >= 11 is 11.3. The van der Waals surface area contributed by atoms with Crippen LogP contribution in [0.15, 0.2) is 18.3 Å². The third-order valence-electron chi connectivity index (χ3n) is 2.10. The van der Waals surface area contributed by atoms with Gasteiger partial charge in [0.1, 0.15) is 5.15 Å². The number of alkyl halides is 4. The van der Waals surface area contributed by atoms with Crippen molar-refractivity contribution >= 4 is 23.2 Å².